The molecule has 10 aromatic carbocycles. The Morgan fingerprint density at radius 3 is 1.88 bits per heavy atom. The van der Waals surface area contributed by atoms with Gasteiger partial charge in [-0.1, -0.05) is 133 Å². The summed E-state index contributed by atoms with van der Waals surface area (Å²) in [5.74, 6) is 0. The molecule has 0 radical (unpaired) electrons. The highest BCUT2D eigenvalue weighted by Crippen LogP contribution is 2.47. The van der Waals surface area contributed by atoms with Crippen LogP contribution in [0.2, 0.25) is 0 Å². The SMILES string of the molecule is c1ccc(N(c2ccc3ccc4ccccc4c3c2)c2cccc3oc4cc(-c5ccc6c(c5)c5ccccc5n6-c5ccccc5)c5ccccc5c4c23)cc1. The lowest BCUT2D eigenvalue weighted by molar-refractivity contribution is 0.669. The molecule has 0 unspecified atom stereocenters. The van der Waals surface area contributed by atoms with E-state index in [4.69, 9.17) is 4.42 Å². The van der Waals surface area contributed by atoms with Crippen molar-refractivity contribution in [2.75, 3.05) is 4.90 Å². The van der Waals surface area contributed by atoms with E-state index in [0.717, 1.165) is 55.8 Å². The van der Waals surface area contributed by atoms with Crippen molar-refractivity contribution in [2.45, 2.75) is 0 Å². The molecule has 0 aliphatic carbocycles. The van der Waals surface area contributed by atoms with Crippen molar-refractivity contribution >= 4 is 93.1 Å². The molecule has 12 aromatic rings. The number of nitrogens with zero attached hydrogens (tertiary/aromatic N) is 2. The standard InChI is InChI=1S/C54H34N2O/c1-3-15-38(16-4-1)55(40-30-28-36-27-26-35-14-7-8-19-41(35)45(36)33-40)50-24-13-25-51-54(50)53-44-22-10-9-20-42(44)46(34-52(53)57-51)37-29-31-49-47(32-37)43-21-11-12-23-48(43)56(49)39-17-5-2-6-18-39/h1-34H. The Balaban J connectivity index is 1.10. The van der Waals surface area contributed by atoms with Crippen LogP contribution in [0, 0.1) is 0 Å². The summed E-state index contributed by atoms with van der Waals surface area (Å²) in [6.45, 7) is 0. The monoisotopic (exact) mass is 726 g/mol. The van der Waals surface area contributed by atoms with Crippen molar-refractivity contribution in [3.63, 3.8) is 0 Å². The molecule has 12 rings (SSSR count). The molecule has 266 valence electrons. The molecular weight excluding hydrogens is 693 g/mol. The Morgan fingerprint density at radius 1 is 0.368 bits per heavy atom. The topological polar surface area (TPSA) is 21.3 Å². The first-order valence-electron chi connectivity index (χ1n) is 19.5. The van der Waals surface area contributed by atoms with Gasteiger partial charge in [-0.15, -0.1) is 0 Å². The normalized spacial score (nSPS) is 11.9. The van der Waals surface area contributed by atoms with Crippen LogP contribution in [0.1, 0.15) is 0 Å². The maximum absolute atomic E-state index is 6.90. The Morgan fingerprint density at radius 2 is 1.04 bits per heavy atom. The first-order valence-corrected chi connectivity index (χ1v) is 19.5. The Kier molecular flexibility index (Phi) is 6.93. The highest BCUT2D eigenvalue weighted by atomic mass is 16.3. The van der Waals surface area contributed by atoms with E-state index >= 15 is 0 Å². The smallest absolute Gasteiger partial charge is 0.137 e. The second-order valence-corrected chi connectivity index (χ2v) is 14.9. The average molecular weight is 727 g/mol. The van der Waals surface area contributed by atoms with E-state index in [1.165, 1.54) is 54.1 Å². The molecule has 0 fully saturated rings. The predicted molar refractivity (Wildman–Crippen MR) is 241 cm³/mol. The highest BCUT2D eigenvalue weighted by molar-refractivity contribution is 6.26. The number of benzene rings is 10. The van der Waals surface area contributed by atoms with Gasteiger partial charge in [0.05, 0.1) is 22.1 Å². The number of anilines is 3. The minimum atomic E-state index is 0.860. The number of rotatable bonds is 5. The van der Waals surface area contributed by atoms with Crippen LogP contribution in [0.3, 0.4) is 0 Å². The zero-order valence-corrected chi connectivity index (χ0v) is 30.9. The lowest BCUT2D eigenvalue weighted by atomic mass is 9.93. The fourth-order valence-electron chi connectivity index (χ4n) is 9.22. The predicted octanol–water partition coefficient (Wildman–Crippen LogP) is 15.3. The summed E-state index contributed by atoms with van der Waals surface area (Å²) in [4.78, 5) is 2.39. The number of fused-ring (bicyclic) bond motifs is 11. The summed E-state index contributed by atoms with van der Waals surface area (Å²) in [6.07, 6.45) is 0. The molecule has 0 saturated carbocycles. The molecule has 3 nitrogen and oxygen atoms in total. The Labute approximate surface area is 328 Å². The van der Waals surface area contributed by atoms with Gasteiger partial charge >= 0.3 is 0 Å². The summed E-state index contributed by atoms with van der Waals surface area (Å²) in [6, 6.07) is 74.4. The van der Waals surface area contributed by atoms with Crippen LogP contribution < -0.4 is 4.90 Å². The van der Waals surface area contributed by atoms with E-state index < -0.39 is 0 Å². The van der Waals surface area contributed by atoms with Gasteiger partial charge in [-0.05, 0) is 116 Å². The van der Waals surface area contributed by atoms with Gasteiger partial charge in [-0.2, -0.15) is 0 Å². The van der Waals surface area contributed by atoms with E-state index in [1.807, 2.05) is 0 Å². The fraction of sp³-hybridized carbons (Fsp3) is 0. The summed E-state index contributed by atoms with van der Waals surface area (Å²) in [5, 5.41) is 12.0. The molecule has 2 heterocycles. The van der Waals surface area contributed by atoms with Gasteiger partial charge in [0.1, 0.15) is 11.2 Å². The third-order valence-electron chi connectivity index (χ3n) is 11.7. The first-order chi connectivity index (χ1) is 28.3. The minimum absolute atomic E-state index is 0.860. The van der Waals surface area contributed by atoms with E-state index in [-0.39, 0.29) is 0 Å². The molecule has 3 heteroatoms. The molecule has 0 atom stereocenters. The zero-order chi connectivity index (χ0) is 37.5. The average Bonchev–Trinajstić information content (AvgIpc) is 3.83. The number of hydrogen-bond donors (Lipinski definition) is 0. The second kappa shape index (κ2) is 12.5. The van der Waals surface area contributed by atoms with E-state index in [0.29, 0.717) is 0 Å². The molecule has 0 saturated heterocycles. The van der Waals surface area contributed by atoms with E-state index in [9.17, 15) is 0 Å². The van der Waals surface area contributed by atoms with Crippen LogP contribution in [0.25, 0.3) is 92.9 Å². The molecule has 0 aliphatic heterocycles. The zero-order valence-electron chi connectivity index (χ0n) is 30.9. The van der Waals surface area contributed by atoms with Gasteiger partial charge in [-0.25, -0.2) is 0 Å². The maximum atomic E-state index is 6.90. The van der Waals surface area contributed by atoms with Gasteiger partial charge in [-0.3, -0.25) is 0 Å². The van der Waals surface area contributed by atoms with Gasteiger partial charge < -0.3 is 13.9 Å². The van der Waals surface area contributed by atoms with Crippen LogP contribution in [0.15, 0.2) is 211 Å². The number of aromatic nitrogens is 1. The van der Waals surface area contributed by atoms with E-state index in [2.05, 4.69) is 216 Å². The lowest BCUT2D eigenvalue weighted by Gasteiger charge is -2.26. The van der Waals surface area contributed by atoms with Gasteiger partial charge in [0.25, 0.3) is 0 Å². The maximum Gasteiger partial charge on any atom is 0.137 e. The second-order valence-electron chi connectivity index (χ2n) is 14.9. The van der Waals surface area contributed by atoms with Crippen molar-refractivity contribution in [1.29, 1.82) is 0 Å². The van der Waals surface area contributed by atoms with Crippen LogP contribution >= 0.6 is 0 Å². The number of hydrogen-bond acceptors (Lipinski definition) is 2. The minimum Gasteiger partial charge on any atom is -0.456 e. The van der Waals surface area contributed by atoms with Crippen molar-refractivity contribution in [2.24, 2.45) is 0 Å². The highest BCUT2D eigenvalue weighted by Gasteiger charge is 2.23. The largest absolute Gasteiger partial charge is 0.456 e. The molecule has 0 bridgehead atoms. The van der Waals surface area contributed by atoms with Crippen LogP contribution in [0.5, 0.6) is 0 Å². The summed E-state index contributed by atoms with van der Waals surface area (Å²) >= 11 is 0. The van der Waals surface area contributed by atoms with Crippen molar-refractivity contribution < 1.29 is 4.42 Å². The lowest BCUT2D eigenvalue weighted by Crippen LogP contribution is -2.10. The Bertz CT molecular complexity index is 3520. The van der Waals surface area contributed by atoms with E-state index in [1.54, 1.807) is 0 Å². The molecule has 0 spiro atoms. The molecule has 0 aliphatic rings. The third kappa shape index (κ3) is 4.86. The molecule has 2 aromatic heterocycles. The van der Waals surface area contributed by atoms with Crippen LogP contribution in [-0.4, -0.2) is 4.57 Å². The molecular formula is C54H34N2O. The van der Waals surface area contributed by atoms with Crippen LogP contribution in [-0.2, 0) is 0 Å². The molecule has 0 N–H and O–H groups in total. The molecule has 0 amide bonds. The summed E-state index contributed by atoms with van der Waals surface area (Å²) < 4.78 is 9.27. The van der Waals surface area contributed by atoms with Gasteiger partial charge in [0.2, 0.25) is 0 Å². The third-order valence-corrected chi connectivity index (χ3v) is 11.7. The van der Waals surface area contributed by atoms with Crippen LogP contribution in [0.4, 0.5) is 17.1 Å². The number of para-hydroxylation sites is 3. The molecule has 57 heavy (non-hydrogen) atoms. The number of furan rings is 1. The summed E-state index contributed by atoms with van der Waals surface area (Å²) in [5.41, 5.74) is 10.8. The Hall–Kier alpha value is -7.62. The summed E-state index contributed by atoms with van der Waals surface area (Å²) in [7, 11) is 0. The first kappa shape index (κ1) is 31.7. The van der Waals surface area contributed by atoms with Gasteiger partial charge in [0.15, 0.2) is 0 Å². The van der Waals surface area contributed by atoms with Crippen molar-refractivity contribution in [1.82, 2.24) is 4.57 Å². The van der Waals surface area contributed by atoms with Gasteiger partial charge in [0, 0.05) is 33.2 Å². The van der Waals surface area contributed by atoms with Crippen molar-refractivity contribution in [3.8, 4) is 16.8 Å². The fourth-order valence-corrected chi connectivity index (χ4v) is 9.22. The quantitative estimate of drug-likeness (QED) is 0.165. The van der Waals surface area contributed by atoms with Crippen molar-refractivity contribution in [3.05, 3.63) is 206 Å².